The Morgan fingerprint density at radius 1 is 1.42 bits per heavy atom. The van der Waals surface area contributed by atoms with E-state index in [1.165, 1.54) is 17.7 Å². The van der Waals surface area contributed by atoms with Crippen LogP contribution in [0.4, 0.5) is 4.39 Å². The van der Waals surface area contributed by atoms with Gasteiger partial charge in [-0.2, -0.15) is 5.10 Å². The molecular weight excluding hydrogens is 247 g/mol. The first-order valence-corrected chi connectivity index (χ1v) is 6.16. The minimum absolute atomic E-state index is 0.0623. The lowest BCUT2D eigenvalue weighted by Crippen LogP contribution is -2.39. The molecule has 2 heterocycles. The normalized spacial score (nSPS) is 17.8. The predicted molar refractivity (Wildman–Crippen MR) is 66.1 cm³/mol. The van der Waals surface area contributed by atoms with Crippen molar-refractivity contribution in [2.24, 2.45) is 0 Å². The van der Waals surface area contributed by atoms with Crippen LogP contribution in [0.2, 0.25) is 0 Å². The average Bonchev–Trinajstić information content (AvgIpc) is 2.87. The maximum absolute atomic E-state index is 12.7. The van der Waals surface area contributed by atoms with E-state index in [1.54, 1.807) is 0 Å². The monoisotopic (exact) mass is 260 g/mol. The molecule has 1 amide bonds. The summed E-state index contributed by atoms with van der Waals surface area (Å²) >= 11 is 0. The molecule has 1 aliphatic rings. The van der Waals surface area contributed by atoms with Crippen LogP contribution in [0.5, 0.6) is 0 Å². The van der Waals surface area contributed by atoms with E-state index in [0.29, 0.717) is 0 Å². The van der Waals surface area contributed by atoms with Crippen molar-refractivity contribution in [2.75, 3.05) is 0 Å². The zero-order valence-corrected chi connectivity index (χ0v) is 10.2. The van der Waals surface area contributed by atoms with Gasteiger partial charge in [0, 0.05) is 18.2 Å². The molecule has 0 saturated carbocycles. The number of pyridine rings is 1. The van der Waals surface area contributed by atoms with E-state index in [4.69, 9.17) is 0 Å². The number of carbonyl (C=O) groups excluding carboxylic acids is 1. The van der Waals surface area contributed by atoms with Crippen LogP contribution in [0, 0.1) is 5.82 Å². The lowest BCUT2D eigenvalue weighted by atomic mass is 9.94. The zero-order chi connectivity index (χ0) is 13.2. The maximum Gasteiger partial charge on any atom is 0.270 e. The van der Waals surface area contributed by atoms with Gasteiger partial charge < -0.3 is 5.32 Å². The third kappa shape index (κ3) is 2.47. The van der Waals surface area contributed by atoms with Crippen LogP contribution in [0.1, 0.15) is 28.2 Å². The fourth-order valence-corrected chi connectivity index (χ4v) is 2.30. The van der Waals surface area contributed by atoms with Crippen molar-refractivity contribution in [3.63, 3.8) is 0 Å². The largest absolute Gasteiger partial charge is 0.348 e. The van der Waals surface area contributed by atoms with Crippen LogP contribution in [0.15, 0.2) is 24.5 Å². The molecule has 2 N–H and O–H groups in total. The molecule has 2 aromatic heterocycles. The average molecular weight is 260 g/mol. The number of halogens is 1. The van der Waals surface area contributed by atoms with Gasteiger partial charge >= 0.3 is 0 Å². The topological polar surface area (TPSA) is 70.7 Å². The van der Waals surface area contributed by atoms with Gasteiger partial charge in [-0.25, -0.2) is 9.37 Å². The standard InChI is InChI=1S/C13H13FN4O/c14-9-2-4-11(15-7-9)13(19)17-10-3-1-8-6-16-18-12(8)5-10/h2,4,6-7,10H,1,3,5H2,(H,16,18)(H,17,19). The number of hydrogen-bond acceptors (Lipinski definition) is 3. The number of rotatable bonds is 2. The first-order valence-electron chi connectivity index (χ1n) is 6.16. The molecular formula is C13H13FN4O. The molecule has 1 atom stereocenters. The highest BCUT2D eigenvalue weighted by Gasteiger charge is 2.22. The molecule has 6 heteroatoms. The van der Waals surface area contributed by atoms with Gasteiger partial charge in [-0.05, 0) is 30.5 Å². The zero-order valence-electron chi connectivity index (χ0n) is 10.2. The lowest BCUT2D eigenvalue weighted by molar-refractivity contribution is 0.0928. The summed E-state index contributed by atoms with van der Waals surface area (Å²) in [5.74, 6) is -0.718. The molecule has 0 aliphatic heterocycles. The molecule has 1 aliphatic carbocycles. The number of fused-ring (bicyclic) bond motifs is 1. The number of amides is 1. The van der Waals surface area contributed by atoms with Crippen LogP contribution in [-0.2, 0) is 12.8 Å². The molecule has 98 valence electrons. The van der Waals surface area contributed by atoms with Crippen molar-refractivity contribution >= 4 is 5.91 Å². The third-order valence-electron chi connectivity index (χ3n) is 3.32. The summed E-state index contributed by atoms with van der Waals surface area (Å²) in [7, 11) is 0. The highest BCUT2D eigenvalue weighted by atomic mass is 19.1. The van der Waals surface area contributed by atoms with E-state index < -0.39 is 5.82 Å². The summed E-state index contributed by atoms with van der Waals surface area (Å²) in [6, 6.07) is 2.68. The van der Waals surface area contributed by atoms with E-state index in [9.17, 15) is 9.18 Å². The summed E-state index contributed by atoms with van der Waals surface area (Å²) < 4.78 is 12.7. The van der Waals surface area contributed by atoms with Crippen LogP contribution in [0.25, 0.3) is 0 Å². The highest BCUT2D eigenvalue weighted by molar-refractivity contribution is 5.92. The number of aryl methyl sites for hydroxylation is 1. The molecule has 0 bridgehead atoms. The molecule has 0 radical (unpaired) electrons. The Labute approximate surface area is 109 Å². The first kappa shape index (κ1) is 11.8. The fraction of sp³-hybridized carbons (Fsp3) is 0.308. The molecule has 0 aromatic carbocycles. The van der Waals surface area contributed by atoms with Crippen molar-refractivity contribution in [2.45, 2.75) is 25.3 Å². The second kappa shape index (κ2) is 4.79. The molecule has 3 rings (SSSR count). The Morgan fingerprint density at radius 2 is 2.32 bits per heavy atom. The van der Waals surface area contributed by atoms with E-state index in [0.717, 1.165) is 31.2 Å². The first-order chi connectivity index (χ1) is 9.22. The van der Waals surface area contributed by atoms with Crippen LogP contribution >= 0.6 is 0 Å². The summed E-state index contributed by atoms with van der Waals surface area (Å²) in [6.07, 6.45) is 5.38. The number of H-pyrrole nitrogens is 1. The third-order valence-corrected chi connectivity index (χ3v) is 3.32. The molecule has 5 nitrogen and oxygen atoms in total. The van der Waals surface area contributed by atoms with Crippen molar-refractivity contribution < 1.29 is 9.18 Å². The smallest absolute Gasteiger partial charge is 0.270 e. The maximum atomic E-state index is 12.7. The van der Waals surface area contributed by atoms with Crippen molar-refractivity contribution in [1.82, 2.24) is 20.5 Å². The van der Waals surface area contributed by atoms with Gasteiger partial charge in [0.25, 0.3) is 5.91 Å². The predicted octanol–water partition coefficient (Wildman–Crippen LogP) is 1.23. The van der Waals surface area contributed by atoms with E-state index in [1.807, 2.05) is 6.20 Å². The lowest BCUT2D eigenvalue weighted by Gasteiger charge is -2.22. The second-order valence-electron chi connectivity index (χ2n) is 4.65. The summed E-state index contributed by atoms with van der Waals surface area (Å²) in [5, 5.41) is 9.85. The van der Waals surface area contributed by atoms with Gasteiger partial charge in [-0.15, -0.1) is 0 Å². The minimum atomic E-state index is -0.448. The second-order valence-corrected chi connectivity index (χ2v) is 4.65. The number of carbonyl (C=O) groups is 1. The number of aromatic amines is 1. The SMILES string of the molecule is O=C(NC1CCc2cn[nH]c2C1)c1ccc(F)cn1. The van der Waals surface area contributed by atoms with Crippen molar-refractivity contribution in [3.05, 3.63) is 47.3 Å². The Balaban J connectivity index is 1.66. The Hall–Kier alpha value is -2.24. The van der Waals surface area contributed by atoms with Gasteiger partial charge in [0.1, 0.15) is 11.5 Å². The molecule has 19 heavy (non-hydrogen) atoms. The van der Waals surface area contributed by atoms with Gasteiger partial charge in [0.05, 0.1) is 12.4 Å². The van der Waals surface area contributed by atoms with Gasteiger partial charge in [0.2, 0.25) is 0 Å². The fourth-order valence-electron chi connectivity index (χ4n) is 2.30. The van der Waals surface area contributed by atoms with E-state index in [-0.39, 0.29) is 17.6 Å². The minimum Gasteiger partial charge on any atom is -0.348 e. The van der Waals surface area contributed by atoms with Crippen LogP contribution < -0.4 is 5.32 Å². The molecule has 0 spiro atoms. The van der Waals surface area contributed by atoms with Gasteiger partial charge in [-0.1, -0.05) is 0 Å². The molecule has 0 fully saturated rings. The Morgan fingerprint density at radius 3 is 3.11 bits per heavy atom. The van der Waals surface area contributed by atoms with Gasteiger partial charge in [0.15, 0.2) is 0 Å². The van der Waals surface area contributed by atoms with Crippen molar-refractivity contribution in [1.29, 1.82) is 0 Å². The highest BCUT2D eigenvalue weighted by Crippen LogP contribution is 2.18. The summed E-state index contributed by atoms with van der Waals surface area (Å²) in [4.78, 5) is 15.7. The number of nitrogens with zero attached hydrogens (tertiary/aromatic N) is 2. The Bertz CT molecular complexity index is 593. The number of hydrogen-bond donors (Lipinski definition) is 2. The van der Waals surface area contributed by atoms with Crippen LogP contribution in [0.3, 0.4) is 0 Å². The number of nitrogens with one attached hydrogen (secondary N) is 2. The molecule has 1 unspecified atom stereocenters. The number of aromatic nitrogens is 3. The Kier molecular flexibility index (Phi) is 2.98. The van der Waals surface area contributed by atoms with Crippen molar-refractivity contribution in [3.8, 4) is 0 Å². The quantitative estimate of drug-likeness (QED) is 0.853. The van der Waals surface area contributed by atoms with E-state index in [2.05, 4.69) is 20.5 Å². The molecule has 0 saturated heterocycles. The summed E-state index contributed by atoms with van der Waals surface area (Å²) in [6.45, 7) is 0. The van der Waals surface area contributed by atoms with Crippen LogP contribution in [-0.4, -0.2) is 27.1 Å². The summed E-state index contributed by atoms with van der Waals surface area (Å²) in [5.41, 5.74) is 2.52. The van der Waals surface area contributed by atoms with E-state index >= 15 is 0 Å². The molecule has 2 aromatic rings. The van der Waals surface area contributed by atoms with Gasteiger partial charge in [-0.3, -0.25) is 9.89 Å².